The summed E-state index contributed by atoms with van der Waals surface area (Å²) in [5, 5.41) is 6.69. The molecule has 29 heavy (non-hydrogen) atoms. The Hall–Kier alpha value is -2.38. The zero-order chi connectivity index (χ0) is 20.9. The molecule has 2 unspecified atom stereocenters. The van der Waals surface area contributed by atoms with Crippen LogP contribution >= 0.6 is 0 Å². The van der Waals surface area contributed by atoms with E-state index in [1.807, 2.05) is 37.3 Å². The van der Waals surface area contributed by atoms with E-state index in [0.29, 0.717) is 23.3 Å². The van der Waals surface area contributed by atoms with Crippen molar-refractivity contribution in [2.75, 3.05) is 26.5 Å². The monoisotopic (exact) mass is 415 g/mol. The van der Waals surface area contributed by atoms with Crippen LogP contribution in [0.5, 0.6) is 0 Å². The molecule has 1 fully saturated rings. The highest BCUT2D eigenvalue weighted by atomic mass is 32.2. The van der Waals surface area contributed by atoms with Crippen LogP contribution in [0.1, 0.15) is 29.2 Å². The van der Waals surface area contributed by atoms with Crippen molar-refractivity contribution in [1.29, 1.82) is 0 Å². The van der Waals surface area contributed by atoms with Crippen LogP contribution in [0.3, 0.4) is 0 Å². The first-order chi connectivity index (χ1) is 13.9. The molecule has 0 amide bonds. The summed E-state index contributed by atoms with van der Waals surface area (Å²) >= 11 is 0. The predicted octanol–water partition coefficient (Wildman–Crippen LogP) is 2.84. The molecule has 3 rings (SSSR count). The second-order valence-electron chi connectivity index (χ2n) is 7.43. The van der Waals surface area contributed by atoms with Gasteiger partial charge in [0.15, 0.2) is 15.8 Å². The molecule has 0 spiro atoms. The number of hydrogen-bond acceptors (Lipinski definition) is 4. The summed E-state index contributed by atoms with van der Waals surface area (Å²) in [5.41, 5.74) is 2.97. The van der Waals surface area contributed by atoms with Crippen molar-refractivity contribution in [1.82, 2.24) is 10.6 Å². The van der Waals surface area contributed by atoms with E-state index in [4.69, 9.17) is 4.74 Å². The lowest BCUT2D eigenvalue weighted by atomic mass is 9.95. The first kappa shape index (κ1) is 21.3. The number of aryl methyl sites for hydroxylation is 1. The Morgan fingerprint density at radius 1 is 1.17 bits per heavy atom. The van der Waals surface area contributed by atoms with Crippen molar-refractivity contribution < 1.29 is 13.2 Å². The summed E-state index contributed by atoms with van der Waals surface area (Å²) in [6.45, 7) is 3.92. The molecule has 0 bridgehead atoms. The van der Waals surface area contributed by atoms with Crippen molar-refractivity contribution in [3.8, 4) is 0 Å². The topological polar surface area (TPSA) is 79.8 Å². The van der Waals surface area contributed by atoms with Crippen molar-refractivity contribution in [3.05, 3.63) is 65.2 Å². The van der Waals surface area contributed by atoms with E-state index in [2.05, 4.69) is 27.8 Å². The minimum absolute atomic E-state index is 0.105. The summed E-state index contributed by atoms with van der Waals surface area (Å²) in [6, 6.07) is 15.7. The smallest absolute Gasteiger partial charge is 0.191 e. The molecular formula is C22H29N3O3S. The molecular weight excluding hydrogens is 386 g/mol. The lowest BCUT2D eigenvalue weighted by Gasteiger charge is -2.21. The minimum Gasteiger partial charge on any atom is -0.373 e. The largest absolute Gasteiger partial charge is 0.373 e. The van der Waals surface area contributed by atoms with Gasteiger partial charge in [-0.2, -0.15) is 0 Å². The second kappa shape index (κ2) is 9.41. The third-order valence-electron chi connectivity index (χ3n) is 5.20. The number of ether oxygens (including phenoxy) is 1. The van der Waals surface area contributed by atoms with E-state index in [9.17, 15) is 8.42 Å². The lowest BCUT2D eigenvalue weighted by Crippen LogP contribution is -2.39. The maximum absolute atomic E-state index is 11.8. The highest BCUT2D eigenvalue weighted by Gasteiger charge is 2.29. The number of guanidine groups is 1. The molecule has 2 N–H and O–H groups in total. The molecule has 0 aliphatic carbocycles. The molecule has 6 nitrogen and oxygen atoms in total. The number of sulfone groups is 1. The Morgan fingerprint density at radius 2 is 1.93 bits per heavy atom. The molecule has 0 radical (unpaired) electrons. The van der Waals surface area contributed by atoms with Crippen LogP contribution in [0.2, 0.25) is 0 Å². The Balaban J connectivity index is 1.55. The lowest BCUT2D eigenvalue weighted by molar-refractivity contribution is 0.0915. The highest BCUT2D eigenvalue weighted by molar-refractivity contribution is 7.90. The molecule has 1 aliphatic heterocycles. The number of aliphatic imine (C=N–C) groups is 1. The Kier molecular flexibility index (Phi) is 6.92. The summed E-state index contributed by atoms with van der Waals surface area (Å²) in [4.78, 5) is 4.67. The first-order valence-electron chi connectivity index (χ1n) is 9.79. The van der Waals surface area contributed by atoms with Crippen molar-refractivity contribution in [2.45, 2.75) is 30.9 Å². The molecule has 1 heterocycles. The van der Waals surface area contributed by atoms with Crippen LogP contribution in [-0.4, -0.2) is 40.8 Å². The fraction of sp³-hybridized carbons (Fsp3) is 0.409. The molecule has 2 aromatic carbocycles. The van der Waals surface area contributed by atoms with Gasteiger partial charge in [-0.25, -0.2) is 8.42 Å². The second-order valence-corrected chi connectivity index (χ2v) is 9.41. The van der Waals surface area contributed by atoms with Crippen LogP contribution in [0, 0.1) is 12.8 Å². The average Bonchev–Trinajstić information content (AvgIpc) is 3.16. The van der Waals surface area contributed by atoms with Gasteiger partial charge in [0.25, 0.3) is 0 Å². The Bertz CT molecular complexity index is 959. The van der Waals surface area contributed by atoms with Gasteiger partial charge in [0.2, 0.25) is 0 Å². The van der Waals surface area contributed by atoms with Gasteiger partial charge in [0.1, 0.15) is 0 Å². The van der Waals surface area contributed by atoms with E-state index in [1.165, 1.54) is 11.8 Å². The normalized spacial score (nSPS) is 19.9. The maximum atomic E-state index is 11.8. The summed E-state index contributed by atoms with van der Waals surface area (Å²) < 4.78 is 29.5. The van der Waals surface area contributed by atoms with Crippen molar-refractivity contribution in [2.24, 2.45) is 10.9 Å². The van der Waals surface area contributed by atoms with Crippen molar-refractivity contribution in [3.63, 3.8) is 0 Å². The van der Waals surface area contributed by atoms with Gasteiger partial charge in [-0.05, 0) is 36.1 Å². The SMILES string of the molecule is CN=C(NCc1ccc(S(C)(=O)=O)c(C)c1)NCC1CCOC1c1ccccc1. The van der Waals surface area contributed by atoms with Gasteiger partial charge in [-0.3, -0.25) is 4.99 Å². The third-order valence-corrected chi connectivity index (χ3v) is 6.45. The van der Waals surface area contributed by atoms with E-state index in [-0.39, 0.29) is 6.10 Å². The van der Waals surface area contributed by atoms with Gasteiger partial charge in [0, 0.05) is 38.9 Å². The molecule has 1 saturated heterocycles. The first-order valence-corrected chi connectivity index (χ1v) is 11.7. The molecule has 2 atom stereocenters. The zero-order valence-electron chi connectivity index (χ0n) is 17.2. The molecule has 2 aromatic rings. The van der Waals surface area contributed by atoms with Gasteiger partial charge in [-0.1, -0.05) is 42.5 Å². The third kappa shape index (κ3) is 5.58. The van der Waals surface area contributed by atoms with Crippen LogP contribution in [-0.2, 0) is 21.1 Å². The molecule has 0 aromatic heterocycles. The van der Waals surface area contributed by atoms with Crippen LogP contribution in [0.15, 0.2) is 58.4 Å². The van der Waals surface area contributed by atoms with E-state index in [0.717, 1.165) is 30.7 Å². The zero-order valence-corrected chi connectivity index (χ0v) is 18.0. The highest BCUT2D eigenvalue weighted by Crippen LogP contribution is 2.33. The molecule has 156 valence electrons. The number of rotatable bonds is 6. The summed E-state index contributed by atoms with van der Waals surface area (Å²) in [6.07, 6.45) is 2.34. The van der Waals surface area contributed by atoms with Crippen LogP contribution in [0.4, 0.5) is 0 Å². The molecule has 7 heteroatoms. The number of benzene rings is 2. The van der Waals surface area contributed by atoms with E-state index >= 15 is 0 Å². The van der Waals surface area contributed by atoms with Gasteiger partial charge < -0.3 is 15.4 Å². The fourth-order valence-electron chi connectivity index (χ4n) is 3.73. The Labute approximate surface area is 173 Å². The van der Waals surface area contributed by atoms with Crippen LogP contribution < -0.4 is 10.6 Å². The molecule has 0 saturated carbocycles. The predicted molar refractivity (Wildman–Crippen MR) is 116 cm³/mol. The number of nitrogens with zero attached hydrogens (tertiary/aromatic N) is 1. The standard InChI is InChI=1S/C22H29N3O3S/c1-16-13-17(9-10-20(16)29(3,26)27)14-24-22(23-2)25-15-19-11-12-28-21(19)18-7-5-4-6-8-18/h4-10,13,19,21H,11-12,14-15H2,1-3H3,(H2,23,24,25). The minimum atomic E-state index is -3.20. The number of hydrogen-bond donors (Lipinski definition) is 2. The molecule has 1 aliphatic rings. The fourth-order valence-corrected chi connectivity index (χ4v) is 4.68. The van der Waals surface area contributed by atoms with E-state index < -0.39 is 9.84 Å². The van der Waals surface area contributed by atoms with E-state index in [1.54, 1.807) is 13.1 Å². The Morgan fingerprint density at radius 3 is 2.59 bits per heavy atom. The maximum Gasteiger partial charge on any atom is 0.191 e. The van der Waals surface area contributed by atoms with Crippen molar-refractivity contribution >= 4 is 15.8 Å². The summed E-state index contributed by atoms with van der Waals surface area (Å²) in [7, 11) is -1.46. The summed E-state index contributed by atoms with van der Waals surface area (Å²) in [5.74, 6) is 1.10. The van der Waals surface area contributed by atoms with Gasteiger partial charge >= 0.3 is 0 Å². The average molecular weight is 416 g/mol. The van der Waals surface area contributed by atoms with Crippen LogP contribution in [0.25, 0.3) is 0 Å². The quantitative estimate of drug-likeness (QED) is 0.560. The van der Waals surface area contributed by atoms with Gasteiger partial charge in [-0.15, -0.1) is 0 Å². The number of nitrogens with one attached hydrogen (secondary N) is 2. The van der Waals surface area contributed by atoms with Gasteiger partial charge in [0.05, 0.1) is 11.0 Å².